The molecule has 0 saturated carbocycles. The number of amides is 1. The lowest BCUT2D eigenvalue weighted by Crippen LogP contribution is -2.26. The Kier molecular flexibility index (Phi) is 3.72. The summed E-state index contributed by atoms with van der Waals surface area (Å²) in [4.78, 5) is 19.4. The van der Waals surface area contributed by atoms with Gasteiger partial charge >= 0.3 is 7.60 Å². The van der Waals surface area contributed by atoms with Gasteiger partial charge < -0.3 is 15.2 Å². The molecule has 0 radical (unpaired) electrons. The van der Waals surface area contributed by atoms with Crippen LogP contribution in [0.1, 0.15) is 13.8 Å². The van der Waals surface area contributed by atoms with Gasteiger partial charge in [-0.15, -0.1) is 0 Å². The average molecular weight is 181 g/mol. The van der Waals surface area contributed by atoms with Crippen molar-refractivity contribution in [1.82, 2.24) is 0 Å². The number of primary amides is 1. The molecule has 3 N–H and O–H groups in total. The van der Waals surface area contributed by atoms with Crippen LogP contribution in [0, 0.1) is 0 Å². The third kappa shape index (κ3) is 3.01. The van der Waals surface area contributed by atoms with Crippen LogP contribution in [0.4, 0.5) is 0 Å². The van der Waals surface area contributed by atoms with E-state index in [1.165, 1.54) is 6.92 Å². The van der Waals surface area contributed by atoms with Gasteiger partial charge in [-0.05, 0) is 13.8 Å². The normalized spacial score (nSPS) is 18.8. The van der Waals surface area contributed by atoms with Crippen molar-refractivity contribution in [2.45, 2.75) is 19.5 Å². The maximum atomic E-state index is 11.0. The molecule has 0 aromatic rings. The molecule has 0 bridgehead atoms. The van der Waals surface area contributed by atoms with Gasteiger partial charge in [0.1, 0.15) is 5.66 Å². The van der Waals surface area contributed by atoms with Crippen molar-refractivity contribution in [3.8, 4) is 0 Å². The van der Waals surface area contributed by atoms with Crippen LogP contribution in [0.15, 0.2) is 0 Å². The second-order valence-electron chi connectivity index (χ2n) is 2.06. The molecular weight excluding hydrogens is 169 g/mol. The maximum absolute atomic E-state index is 11.0. The first kappa shape index (κ1) is 10.6. The Hall–Kier alpha value is -0.380. The summed E-state index contributed by atoms with van der Waals surface area (Å²) >= 11 is 0. The lowest BCUT2D eigenvalue weighted by atomic mass is 10.5. The summed E-state index contributed by atoms with van der Waals surface area (Å²) in [5.74, 6) is -0.829. The quantitative estimate of drug-likeness (QED) is 0.601. The van der Waals surface area contributed by atoms with E-state index in [1.54, 1.807) is 6.92 Å². The van der Waals surface area contributed by atoms with E-state index >= 15 is 0 Å². The summed E-state index contributed by atoms with van der Waals surface area (Å²) in [6.45, 7) is 2.92. The van der Waals surface area contributed by atoms with Gasteiger partial charge in [0.05, 0.1) is 6.61 Å². The first-order valence-electron chi connectivity index (χ1n) is 3.18. The fourth-order valence-corrected chi connectivity index (χ4v) is 1.37. The number of hydrogen-bond donors (Lipinski definition) is 2. The second-order valence-corrected chi connectivity index (χ2v) is 4.22. The van der Waals surface area contributed by atoms with Crippen molar-refractivity contribution in [3.05, 3.63) is 0 Å². The lowest BCUT2D eigenvalue weighted by molar-refractivity contribution is -0.117. The van der Waals surface area contributed by atoms with Crippen LogP contribution in [0.5, 0.6) is 0 Å². The monoisotopic (exact) mass is 181 g/mol. The molecule has 66 valence electrons. The van der Waals surface area contributed by atoms with E-state index in [9.17, 15) is 9.36 Å². The van der Waals surface area contributed by atoms with Gasteiger partial charge in [-0.3, -0.25) is 9.36 Å². The molecule has 6 heteroatoms. The molecule has 1 amide bonds. The van der Waals surface area contributed by atoms with Crippen LogP contribution in [0.3, 0.4) is 0 Å². The van der Waals surface area contributed by atoms with E-state index in [0.717, 1.165) is 0 Å². The predicted octanol–water partition coefficient (Wildman–Crippen LogP) is 0.0821. The highest BCUT2D eigenvalue weighted by atomic mass is 31.2. The molecular formula is C5H12NO4P. The summed E-state index contributed by atoms with van der Waals surface area (Å²) in [6, 6.07) is 0. The second kappa shape index (κ2) is 3.85. The molecule has 2 unspecified atom stereocenters. The zero-order valence-electron chi connectivity index (χ0n) is 6.48. The third-order valence-electron chi connectivity index (χ3n) is 1.22. The molecule has 0 aromatic heterocycles. The average Bonchev–Trinajstić information content (AvgIpc) is 1.86. The zero-order valence-corrected chi connectivity index (χ0v) is 7.38. The molecule has 0 aromatic carbocycles. The van der Waals surface area contributed by atoms with Gasteiger partial charge in [-0.2, -0.15) is 0 Å². The van der Waals surface area contributed by atoms with Gasteiger partial charge in [-0.1, -0.05) is 0 Å². The van der Waals surface area contributed by atoms with E-state index in [0.29, 0.717) is 0 Å². The molecule has 5 nitrogen and oxygen atoms in total. The molecule has 11 heavy (non-hydrogen) atoms. The zero-order chi connectivity index (χ0) is 9.07. The highest BCUT2D eigenvalue weighted by molar-refractivity contribution is 7.54. The van der Waals surface area contributed by atoms with Gasteiger partial charge in [0.15, 0.2) is 0 Å². The molecule has 0 spiro atoms. The van der Waals surface area contributed by atoms with Crippen LogP contribution in [0.2, 0.25) is 0 Å². The minimum absolute atomic E-state index is 0.0887. The van der Waals surface area contributed by atoms with Gasteiger partial charge in [-0.25, -0.2) is 0 Å². The highest BCUT2D eigenvalue weighted by Crippen LogP contribution is 2.46. The topological polar surface area (TPSA) is 89.6 Å². The molecule has 0 aliphatic heterocycles. The Morgan fingerprint density at radius 2 is 2.27 bits per heavy atom. The standard InChI is InChI=1S/C5H12NO4P/c1-3-10-11(8,9)4(2)5(6)7/h4H,3H2,1-2H3,(H2,6,7)(H,8,9). The maximum Gasteiger partial charge on any atom is 0.340 e. The summed E-state index contributed by atoms with van der Waals surface area (Å²) in [6.07, 6.45) is 0. The highest BCUT2D eigenvalue weighted by Gasteiger charge is 2.32. The van der Waals surface area contributed by atoms with E-state index in [4.69, 9.17) is 10.6 Å². The van der Waals surface area contributed by atoms with Crippen molar-refractivity contribution < 1.29 is 18.8 Å². The Morgan fingerprint density at radius 1 is 1.82 bits per heavy atom. The molecule has 0 fully saturated rings. The fraction of sp³-hybridized carbons (Fsp3) is 0.800. The smallest absolute Gasteiger partial charge is 0.340 e. The molecule has 2 atom stereocenters. The van der Waals surface area contributed by atoms with Crippen LogP contribution >= 0.6 is 7.60 Å². The van der Waals surface area contributed by atoms with Crippen molar-refractivity contribution in [1.29, 1.82) is 0 Å². The number of rotatable bonds is 4. The molecule has 0 rings (SSSR count). The Bertz CT molecular complexity index is 193. The summed E-state index contributed by atoms with van der Waals surface area (Å²) < 4.78 is 15.5. The SMILES string of the molecule is CCOP(=O)(O)C(C)C(N)=O. The van der Waals surface area contributed by atoms with E-state index in [1.807, 2.05) is 0 Å². The minimum atomic E-state index is -3.81. The Labute approximate surface area is 65.1 Å². The number of nitrogens with two attached hydrogens (primary N) is 1. The molecule has 0 heterocycles. The summed E-state index contributed by atoms with van der Waals surface area (Å²) in [7, 11) is -3.81. The van der Waals surface area contributed by atoms with E-state index in [2.05, 4.69) is 4.52 Å². The number of carbonyl (C=O) groups excluding carboxylic acids is 1. The predicted molar refractivity (Wildman–Crippen MR) is 40.1 cm³/mol. The van der Waals surface area contributed by atoms with E-state index in [-0.39, 0.29) is 6.61 Å². The minimum Gasteiger partial charge on any atom is -0.369 e. The van der Waals surface area contributed by atoms with Gasteiger partial charge in [0.2, 0.25) is 5.91 Å². The summed E-state index contributed by atoms with van der Waals surface area (Å²) in [5, 5.41) is 0. The van der Waals surface area contributed by atoms with Crippen LogP contribution < -0.4 is 5.73 Å². The van der Waals surface area contributed by atoms with Crippen molar-refractivity contribution in [2.75, 3.05) is 6.61 Å². The van der Waals surface area contributed by atoms with Crippen molar-refractivity contribution >= 4 is 13.5 Å². The van der Waals surface area contributed by atoms with Gasteiger partial charge in [0.25, 0.3) is 0 Å². The Balaban J connectivity index is 4.30. The van der Waals surface area contributed by atoms with Crippen molar-refractivity contribution in [3.63, 3.8) is 0 Å². The van der Waals surface area contributed by atoms with E-state index < -0.39 is 19.2 Å². The molecule has 0 saturated heterocycles. The van der Waals surface area contributed by atoms with Crippen molar-refractivity contribution in [2.24, 2.45) is 5.73 Å². The van der Waals surface area contributed by atoms with Crippen LogP contribution in [0.25, 0.3) is 0 Å². The Morgan fingerprint density at radius 3 is 2.55 bits per heavy atom. The first-order chi connectivity index (χ1) is 4.91. The third-order valence-corrected chi connectivity index (χ3v) is 3.08. The van der Waals surface area contributed by atoms with Gasteiger partial charge in [0, 0.05) is 0 Å². The molecule has 0 aliphatic rings. The number of hydrogen-bond acceptors (Lipinski definition) is 3. The van der Waals surface area contributed by atoms with Crippen LogP contribution in [-0.2, 0) is 13.9 Å². The summed E-state index contributed by atoms with van der Waals surface area (Å²) in [5.41, 5.74) is 3.66. The largest absolute Gasteiger partial charge is 0.369 e. The lowest BCUT2D eigenvalue weighted by Gasteiger charge is -2.14. The van der Waals surface area contributed by atoms with Crippen LogP contribution in [-0.4, -0.2) is 23.1 Å². The fourth-order valence-electron chi connectivity index (χ4n) is 0.458. The molecule has 0 aliphatic carbocycles. The number of carbonyl (C=O) groups is 1. The first-order valence-corrected chi connectivity index (χ1v) is 4.82.